The van der Waals surface area contributed by atoms with Crippen LogP contribution < -0.4 is 0 Å². The van der Waals surface area contributed by atoms with Crippen molar-refractivity contribution in [3.63, 3.8) is 0 Å². The van der Waals surface area contributed by atoms with Crippen molar-refractivity contribution in [2.75, 3.05) is 0 Å². The molecule has 10 unspecified atom stereocenters. The summed E-state index contributed by atoms with van der Waals surface area (Å²) >= 11 is 0. The van der Waals surface area contributed by atoms with E-state index in [9.17, 15) is 0 Å². The molecule has 0 radical (unpaired) electrons. The highest BCUT2D eigenvalue weighted by Crippen LogP contribution is 2.52. The maximum absolute atomic E-state index is 2.44. The maximum Gasteiger partial charge on any atom is -0.0383 e. The molecule has 9 aliphatic carbocycles. The van der Waals surface area contributed by atoms with Gasteiger partial charge in [-0.25, -0.2) is 0 Å². The van der Waals surface area contributed by atoms with E-state index in [2.05, 4.69) is 27.7 Å². The molecular formula is C33H58. The van der Waals surface area contributed by atoms with E-state index in [1.165, 1.54) is 31.6 Å². The van der Waals surface area contributed by atoms with Gasteiger partial charge in [0.25, 0.3) is 0 Å². The summed E-state index contributed by atoms with van der Waals surface area (Å²) in [6, 6.07) is 0. The lowest BCUT2D eigenvalue weighted by Gasteiger charge is -2.24. The highest BCUT2D eigenvalue weighted by atomic mass is 14.5. The summed E-state index contributed by atoms with van der Waals surface area (Å²) in [5.74, 6) is 13.4. The Bertz CT molecular complexity index is 571. The van der Waals surface area contributed by atoms with E-state index in [1.54, 1.807) is 83.5 Å². The Balaban J connectivity index is 0.0000000926. The molecule has 9 aliphatic rings. The Morgan fingerprint density at radius 1 is 0.273 bits per heavy atom. The van der Waals surface area contributed by atoms with E-state index in [4.69, 9.17) is 0 Å². The third-order valence-corrected chi connectivity index (χ3v) is 12.7. The van der Waals surface area contributed by atoms with Crippen LogP contribution in [0.5, 0.6) is 0 Å². The van der Waals surface area contributed by atoms with Crippen LogP contribution in [0.1, 0.15) is 137 Å². The molecule has 8 bridgehead atoms. The zero-order valence-corrected chi connectivity index (χ0v) is 22.9. The molecule has 0 heteroatoms. The Morgan fingerprint density at radius 2 is 0.636 bits per heavy atom. The van der Waals surface area contributed by atoms with Gasteiger partial charge < -0.3 is 0 Å². The van der Waals surface area contributed by atoms with Gasteiger partial charge in [0.05, 0.1) is 0 Å². The van der Waals surface area contributed by atoms with Crippen LogP contribution >= 0.6 is 0 Å². The number of hydrogen-bond donors (Lipinski definition) is 0. The molecule has 0 nitrogen and oxygen atoms in total. The van der Waals surface area contributed by atoms with E-state index >= 15 is 0 Å². The second kappa shape index (κ2) is 10.9. The van der Waals surface area contributed by atoms with Gasteiger partial charge in [0.2, 0.25) is 0 Å². The minimum atomic E-state index is 1.06. The maximum atomic E-state index is 2.44. The fraction of sp³-hybridized carbons (Fsp3) is 1.00. The summed E-state index contributed by atoms with van der Waals surface area (Å²) in [7, 11) is 0. The highest BCUT2D eigenvalue weighted by Gasteiger charge is 2.41. The van der Waals surface area contributed by atoms with E-state index in [0.29, 0.717) is 0 Å². The lowest BCUT2D eigenvalue weighted by Crippen LogP contribution is -2.14. The lowest BCUT2D eigenvalue weighted by atomic mass is 9.81. The quantitative estimate of drug-likeness (QED) is 0.341. The first-order valence-electron chi connectivity index (χ1n) is 15.9. The van der Waals surface area contributed by atoms with E-state index in [0.717, 1.165) is 65.1 Å². The van der Waals surface area contributed by atoms with Gasteiger partial charge in [-0.1, -0.05) is 72.6 Å². The molecule has 0 aromatic heterocycles. The summed E-state index contributed by atoms with van der Waals surface area (Å²) in [5.41, 5.74) is 0. The molecule has 10 atom stereocenters. The van der Waals surface area contributed by atoms with Crippen LogP contribution in [0.15, 0.2) is 0 Å². The van der Waals surface area contributed by atoms with Gasteiger partial charge in [0, 0.05) is 0 Å². The molecule has 33 heavy (non-hydrogen) atoms. The molecule has 0 amide bonds. The zero-order chi connectivity index (χ0) is 22.9. The summed E-state index contributed by atoms with van der Waals surface area (Å²) in [4.78, 5) is 0. The van der Waals surface area contributed by atoms with E-state index in [-0.39, 0.29) is 0 Å². The van der Waals surface area contributed by atoms with Crippen molar-refractivity contribution in [1.82, 2.24) is 0 Å². The predicted octanol–water partition coefficient (Wildman–Crippen LogP) is 10.2. The van der Waals surface area contributed by atoms with Crippen LogP contribution in [0.4, 0.5) is 0 Å². The van der Waals surface area contributed by atoms with Crippen LogP contribution in [0.25, 0.3) is 0 Å². The fourth-order valence-corrected chi connectivity index (χ4v) is 9.98. The smallest absolute Gasteiger partial charge is 0.0383 e. The molecule has 0 saturated heterocycles. The molecule has 0 aliphatic heterocycles. The standard InChI is InChI=1S/2C9H16.C8H14.C7H12/c2*1-7-2-3-8-4-5-9(7)6-8;1-6-4-7-2-3-8(6)5-7;1-5-2-6-3-7(5)4-6/h2*7-9H,2-6H2,1H3;6-8H,2-5H2,1H3;5-7H,2-4H2,1H3. The molecule has 9 fully saturated rings. The van der Waals surface area contributed by atoms with Crippen molar-refractivity contribution < 1.29 is 0 Å². The lowest BCUT2D eigenvalue weighted by molar-refractivity contribution is 0.265. The molecule has 0 aromatic rings. The summed E-state index contributed by atoms with van der Waals surface area (Å²) in [6.07, 6.45) is 26.4. The molecule has 0 spiro atoms. The molecule has 9 saturated carbocycles. The van der Waals surface area contributed by atoms with Gasteiger partial charge >= 0.3 is 0 Å². The third-order valence-electron chi connectivity index (χ3n) is 12.7. The van der Waals surface area contributed by atoms with Crippen molar-refractivity contribution in [3.8, 4) is 0 Å². The first-order valence-corrected chi connectivity index (χ1v) is 15.9. The van der Waals surface area contributed by atoms with Crippen molar-refractivity contribution in [2.24, 2.45) is 71.0 Å². The average Bonchev–Trinajstić information content (AvgIpc) is 3.60. The number of fused-ring (bicyclic) bond motifs is 7. The van der Waals surface area contributed by atoms with Gasteiger partial charge in [0.1, 0.15) is 0 Å². The second-order valence-electron chi connectivity index (χ2n) is 15.0. The van der Waals surface area contributed by atoms with Gasteiger partial charge in [0.15, 0.2) is 0 Å². The van der Waals surface area contributed by atoms with Crippen molar-refractivity contribution >= 4 is 0 Å². The zero-order valence-electron chi connectivity index (χ0n) is 22.9. The topological polar surface area (TPSA) is 0 Å². The highest BCUT2D eigenvalue weighted by molar-refractivity contribution is 4.92. The van der Waals surface area contributed by atoms with Crippen LogP contribution in [0.3, 0.4) is 0 Å². The molecule has 0 heterocycles. The molecule has 0 aromatic carbocycles. The minimum Gasteiger partial charge on any atom is -0.0622 e. The first kappa shape index (κ1) is 24.7. The largest absolute Gasteiger partial charge is 0.0622 e. The average molecular weight is 455 g/mol. The van der Waals surface area contributed by atoms with Gasteiger partial charge in [-0.3, -0.25) is 0 Å². The number of hydrogen-bond acceptors (Lipinski definition) is 0. The molecular weight excluding hydrogens is 396 g/mol. The Hall–Kier alpha value is 0. The minimum absolute atomic E-state index is 1.06. The normalized spacial score (nSPS) is 52.0. The van der Waals surface area contributed by atoms with Crippen LogP contribution in [-0.4, -0.2) is 0 Å². The number of rotatable bonds is 0. The monoisotopic (exact) mass is 454 g/mol. The molecule has 9 rings (SSSR count). The van der Waals surface area contributed by atoms with E-state index in [1.807, 2.05) is 0 Å². The van der Waals surface area contributed by atoms with Crippen molar-refractivity contribution in [3.05, 3.63) is 0 Å². The molecule has 190 valence electrons. The summed E-state index contributed by atoms with van der Waals surface area (Å²) in [6.45, 7) is 9.69. The van der Waals surface area contributed by atoms with Gasteiger partial charge in [-0.15, -0.1) is 0 Å². The van der Waals surface area contributed by atoms with Crippen LogP contribution in [0, 0.1) is 71.0 Å². The summed E-state index contributed by atoms with van der Waals surface area (Å²) in [5, 5.41) is 0. The predicted molar refractivity (Wildman–Crippen MR) is 143 cm³/mol. The fourth-order valence-electron chi connectivity index (χ4n) is 9.98. The molecule has 0 N–H and O–H groups in total. The first-order chi connectivity index (χ1) is 15.9. The summed E-state index contributed by atoms with van der Waals surface area (Å²) < 4.78 is 0. The van der Waals surface area contributed by atoms with Gasteiger partial charge in [-0.2, -0.15) is 0 Å². The Morgan fingerprint density at radius 3 is 0.939 bits per heavy atom. The van der Waals surface area contributed by atoms with Crippen molar-refractivity contribution in [1.29, 1.82) is 0 Å². The third kappa shape index (κ3) is 6.05. The van der Waals surface area contributed by atoms with Gasteiger partial charge in [-0.05, 0) is 135 Å². The van der Waals surface area contributed by atoms with E-state index < -0.39 is 0 Å². The Kier molecular flexibility index (Phi) is 8.19. The Labute approximate surface area is 207 Å². The van der Waals surface area contributed by atoms with Crippen molar-refractivity contribution in [2.45, 2.75) is 137 Å². The van der Waals surface area contributed by atoms with Crippen LogP contribution in [0.2, 0.25) is 0 Å². The van der Waals surface area contributed by atoms with Crippen LogP contribution in [-0.2, 0) is 0 Å². The SMILES string of the molecule is CC1CC2CC1C2.CC1CC2CCC1C2.CC1CCC2CCC1C2.CC1CCC2CCC1C2. The second-order valence-corrected chi connectivity index (χ2v) is 15.0.